The predicted molar refractivity (Wildman–Crippen MR) is 158 cm³/mol. The Morgan fingerprint density at radius 3 is 2.28 bits per heavy atom. The van der Waals surface area contributed by atoms with Gasteiger partial charge in [0.15, 0.2) is 11.0 Å². The van der Waals surface area contributed by atoms with Gasteiger partial charge >= 0.3 is 0 Å². The van der Waals surface area contributed by atoms with E-state index >= 15 is 0 Å². The maximum Gasteiger partial charge on any atom is 0.283 e. The Balaban J connectivity index is 1.25. The van der Waals surface area contributed by atoms with Crippen molar-refractivity contribution >= 4 is 52.0 Å². The number of amidine groups is 1. The molecule has 198 valence electrons. The van der Waals surface area contributed by atoms with Crippen LogP contribution in [-0.4, -0.2) is 59.6 Å². The van der Waals surface area contributed by atoms with Crippen molar-refractivity contribution in [3.63, 3.8) is 0 Å². The summed E-state index contributed by atoms with van der Waals surface area (Å²) in [5, 5.41) is 0.502. The van der Waals surface area contributed by atoms with Crippen LogP contribution >= 0.6 is 11.8 Å². The van der Waals surface area contributed by atoms with Crippen molar-refractivity contribution in [3.8, 4) is 0 Å². The molecule has 0 N–H and O–H groups in total. The molecule has 5 rings (SSSR count). The van der Waals surface area contributed by atoms with Gasteiger partial charge in [0.05, 0.1) is 11.4 Å². The molecule has 0 unspecified atom stereocenters. The van der Waals surface area contributed by atoms with Gasteiger partial charge in [-0.1, -0.05) is 59.8 Å². The summed E-state index contributed by atoms with van der Waals surface area (Å²) in [6, 6.07) is 24.9. The first-order valence-electron chi connectivity index (χ1n) is 12.9. The van der Waals surface area contributed by atoms with E-state index in [4.69, 9.17) is 0 Å². The molecule has 0 saturated carbocycles. The Morgan fingerprint density at radius 2 is 1.62 bits per heavy atom. The Hall–Kier alpha value is -4.17. The number of nitrogens with zero attached hydrogens (tertiary/aromatic N) is 4. The van der Waals surface area contributed by atoms with Crippen molar-refractivity contribution in [2.75, 3.05) is 41.7 Å². The fraction of sp³-hybridized carbons (Fsp3) is 0.226. The quantitative estimate of drug-likeness (QED) is 0.325. The van der Waals surface area contributed by atoms with Crippen LogP contribution in [0.4, 0.5) is 11.4 Å². The molecule has 2 aliphatic rings. The molecule has 2 heterocycles. The standard InChI is InChI=1S/C31H30N4O3S/c1-22-7-6-8-24(19-22)20-28-30(38)35(27-9-4-3-5-10-27)31(32-28)39-21-29(37)34-17-15-33(16-18-34)26-13-11-25(12-14-26)23(2)36/h3-14,19-20H,15-18,21H2,1-2H3. The van der Waals surface area contributed by atoms with Gasteiger partial charge < -0.3 is 9.80 Å². The molecular weight excluding hydrogens is 508 g/mol. The van der Waals surface area contributed by atoms with Gasteiger partial charge in [-0.25, -0.2) is 4.99 Å². The van der Waals surface area contributed by atoms with Crippen molar-refractivity contribution in [2.45, 2.75) is 13.8 Å². The minimum Gasteiger partial charge on any atom is -0.368 e. The van der Waals surface area contributed by atoms with Gasteiger partial charge in [-0.05, 0) is 61.9 Å². The number of anilines is 2. The number of amides is 2. The summed E-state index contributed by atoms with van der Waals surface area (Å²) in [6.45, 7) is 6.23. The number of thioether (sulfide) groups is 1. The average molecular weight is 539 g/mol. The Bertz CT molecular complexity index is 1440. The molecule has 3 aromatic carbocycles. The second-order valence-corrected chi connectivity index (χ2v) is 10.5. The van der Waals surface area contributed by atoms with E-state index < -0.39 is 0 Å². The van der Waals surface area contributed by atoms with Crippen LogP contribution in [0.2, 0.25) is 0 Å². The van der Waals surface area contributed by atoms with E-state index in [0.717, 1.165) is 35.6 Å². The number of benzene rings is 3. The molecule has 0 atom stereocenters. The third-order valence-electron chi connectivity index (χ3n) is 6.79. The van der Waals surface area contributed by atoms with E-state index in [9.17, 15) is 14.4 Å². The number of Topliss-reactive ketones (excluding diaryl/α,β-unsaturated/α-hetero) is 1. The van der Waals surface area contributed by atoms with E-state index in [-0.39, 0.29) is 23.4 Å². The first-order valence-corrected chi connectivity index (χ1v) is 13.9. The molecule has 2 amide bonds. The lowest BCUT2D eigenvalue weighted by molar-refractivity contribution is -0.128. The molecule has 0 aromatic heterocycles. The van der Waals surface area contributed by atoms with Crippen LogP contribution in [0.3, 0.4) is 0 Å². The van der Waals surface area contributed by atoms with Crippen molar-refractivity contribution < 1.29 is 14.4 Å². The predicted octanol–water partition coefficient (Wildman–Crippen LogP) is 5.02. The van der Waals surface area contributed by atoms with Crippen molar-refractivity contribution in [3.05, 3.63) is 101 Å². The number of carbonyl (C=O) groups is 3. The molecule has 2 aliphatic heterocycles. The van der Waals surface area contributed by atoms with Gasteiger partial charge in [-0.15, -0.1) is 0 Å². The Morgan fingerprint density at radius 1 is 0.897 bits per heavy atom. The number of hydrogen-bond acceptors (Lipinski definition) is 6. The van der Waals surface area contributed by atoms with Crippen LogP contribution < -0.4 is 9.80 Å². The molecule has 0 bridgehead atoms. The number of aliphatic imine (C=N–C) groups is 1. The average Bonchev–Trinajstić information content (AvgIpc) is 3.26. The third-order valence-corrected chi connectivity index (χ3v) is 7.71. The minimum atomic E-state index is -0.206. The van der Waals surface area contributed by atoms with Gasteiger partial charge in [-0.2, -0.15) is 0 Å². The highest BCUT2D eigenvalue weighted by Gasteiger charge is 2.33. The zero-order valence-electron chi connectivity index (χ0n) is 22.0. The Kier molecular flexibility index (Phi) is 7.93. The molecule has 8 heteroatoms. The smallest absolute Gasteiger partial charge is 0.283 e. The molecule has 39 heavy (non-hydrogen) atoms. The largest absolute Gasteiger partial charge is 0.368 e. The summed E-state index contributed by atoms with van der Waals surface area (Å²) in [5.41, 5.74) is 4.83. The molecule has 3 aromatic rings. The summed E-state index contributed by atoms with van der Waals surface area (Å²) >= 11 is 1.29. The molecule has 1 saturated heterocycles. The molecule has 0 radical (unpaired) electrons. The monoisotopic (exact) mass is 538 g/mol. The lowest BCUT2D eigenvalue weighted by atomic mass is 10.1. The highest BCUT2D eigenvalue weighted by atomic mass is 32.2. The third kappa shape index (κ3) is 6.12. The lowest BCUT2D eigenvalue weighted by Crippen LogP contribution is -2.49. The molecule has 1 fully saturated rings. The maximum atomic E-state index is 13.4. The number of aryl methyl sites for hydroxylation is 1. The number of carbonyl (C=O) groups excluding carboxylic acids is 3. The highest BCUT2D eigenvalue weighted by Crippen LogP contribution is 2.29. The highest BCUT2D eigenvalue weighted by molar-refractivity contribution is 8.14. The first kappa shape index (κ1) is 26.4. The normalized spacial score (nSPS) is 16.6. The van der Waals surface area contributed by atoms with Crippen molar-refractivity contribution in [2.24, 2.45) is 4.99 Å². The van der Waals surface area contributed by atoms with E-state index in [2.05, 4.69) is 9.89 Å². The molecule has 7 nitrogen and oxygen atoms in total. The van der Waals surface area contributed by atoms with E-state index in [1.54, 1.807) is 17.9 Å². The zero-order valence-corrected chi connectivity index (χ0v) is 22.9. The fourth-order valence-electron chi connectivity index (χ4n) is 4.65. The summed E-state index contributed by atoms with van der Waals surface area (Å²) < 4.78 is 0. The van der Waals surface area contributed by atoms with E-state index in [0.29, 0.717) is 29.5 Å². The number of hydrogen-bond donors (Lipinski definition) is 0. The second kappa shape index (κ2) is 11.7. The van der Waals surface area contributed by atoms with E-state index in [1.165, 1.54) is 11.8 Å². The summed E-state index contributed by atoms with van der Waals surface area (Å²) in [5.74, 6) is 0.0556. The summed E-state index contributed by atoms with van der Waals surface area (Å²) in [4.78, 5) is 48.4. The van der Waals surface area contributed by atoms with Crippen LogP contribution in [0, 0.1) is 6.92 Å². The maximum absolute atomic E-state index is 13.4. The fourth-order valence-corrected chi connectivity index (χ4v) is 5.57. The van der Waals surface area contributed by atoms with Crippen LogP contribution in [0.15, 0.2) is 89.6 Å². The minimum absolute atomic E-state index is 0.0193. The number of rotatable bonds is 6. The van der Waals surface area contributed by atoms with Gasteiger partial charge in [0.1, 0.15) is 5.70 Å². The zero-order chi connectivity index (χ0) is 27.4. The van der Waals surface area contributed by atoms with Crippen molar-refractivity contribution in [1.29, 1.82) is 0 Å². The van der Waals surface area contributed by atoms with Crippen LogP contribution in [0.5, 0.6) is 0 Å². The van der Waals surface area contributed by atoms with Gasteiger partial charge in [-0.3, -0.25) is 19.3 Å². The lowest BCUT2D eigenvalue weighted by Gasteiger charge is -2.36. The summed E-state index contributed by atoms with van der Waals surface area (Å²) in [6.07, 6.45) is 1.79. The molecule has 0 spiro atoms. The number of ketones is 1. The van der Waals surface area contributed by atoms with Gasteiger partial charge in [0, 0.05) is 37.4 Å². The van der Waals surface area contributed by atoms with Crippen molar-refractivity contribution in [1.82, 2.24) is 4.90 Å². The molecular formula is C31H30N4O3S. The summed E-state index contributed by atoms with van der Waals surface area (Å²) in [7, 11) is 0. The van der Waals surface area contributed by atoms with Crippen LogP contribution in [0.25, 0.3) is 6.08 Å². The SMILES string of the molecule is CC(=O)c1ccc(N2CCN(C(=O)CSC3=NC(=Cc4cccc(C)c4)C(=O)N3c3ccccc3)CC2)cc1. The molecule has 0 aliphatic carbocycles. The Labute approximate surface area is 232 Å². The topological polar surface area (TPSA) is 73.3 Å². The van der Waals surface area contributed by atoms with Gasteiger partial charge in [0.2, 0.25) is 5.91 Å². The van der Waals surface area contributed by atoms with Crippen LogP contribution in [-0.2, 0) is 9.59 Å². The number of para-hydroxylation sites is 1. The van der Waals surface area contributed by atoms with Crippen LogP contribution in [0.1, 0.15) is 28.4 Å². The number of piperazine rings is 1. The van der Waals surface area contributed by atoms with Gasteiger partial charge in [0.25, 0.3) is 5.91 Å². The second-order valence-electron chi connectivity index (χ2n) is 9.57. The first-order chi connectivity index (χ1) is 18.9. The van der Waals surface area contributed by atoms with E-state index in [1.807, 2.05) is 90.7 Å².